The average molecular weight is 436 g/mol. The van der Waals surface area contributed by atoms with Crippen LogP contribution in [0.25, 0.3) is 11.3 Å². The van der Waals surface area contributed by atoms with Gasteiger partial charge >= 0.3 is 0 Å². The van der Waals surface area contributed by atoms with Gasteiger partial charge in [0.2, 0.25) is 5.95 Å². The van der Waals surface area contributed by atoms with Crippen LogP contribution in [0.2, 0.25) is 0 Å². The summed E-state index contributed by atoms with van der Waals surface area (Å²) < 4.78 is 11.3. The predicted octanol–water partition coefficient (Wildman–Crippen LogP) is 4.27. The van der Waals surface area contributed by atoms with Crippen LogP contribution >= 0.6 is 0 Å². The molecule has 0 saturated carbocycles. The first-order valence-corrected chi connectivity index (χ1v) is 11.0. The lowest BCUT2D eigenvalue weighted by atomic mass is 9.94. The number of ether oxygens (including phenoxy) is 1. The van der Waals surface area contributed by atoms with Gasteiger partial charge in [0.25, 0.3) is 5.91 Å². The molecule has 3 aromatic rings. The molecule has 32 heavy (non-hydrogen) atoms. The molecule has 1 atom stereocenters. The van der Waals surface area contributed by atoms with Gasteiger partial charge in [0.15, 0.2) is 5.76 Å². The van der Waals surface area contributed by atoms with Crippen molar-refractivity contribution in [3.8, 4) is 17.1 Å². The molecule has 0 spiro atoms. The van der Waals surface area contributed by atoms with Crippen molar-refractivity contribution >= 4 is 11.9 Å². The molecular formula is C24H29N5O3. The summed E-state index contributed by atoms with van der Waals surface area (Å²) >= 11 is 0. The van der Waals surface area contributed by atoms with Gasteiger partial charge in [0.1, 0.15) is 5.75 Å². The molecule has 1 saturated heterocycles. The summed E-state index contributed by atoms with van der Waals surface area (Å²) in [4.78, 5) is 26.8. The van der Waals surface area contributed by atoms with Crippen molar-refractivity contribution in [2.75, 3.05) is 32.1 Å². The third-order valence-corrected chi connectivity index (χ3v) is 5.60. The molecule has 0 aliphatic carbocycles. The molecule has 1 aromatic carbocycles. The number of carbonyl (C=O) groups is 1. The molecule has 1 amide bonds. The SMILES string of the molecule is CCOc1ccccc1C(=O)N1CCCCC1c1nc(N(C)C)ncc1-c1cc(C)no1. The molecule has 0 N–H and O–H groups in total. The molecule has 1 fully saturated rings. The van der Waals surface area contributed by atoms with Crippen LogP contribution in [0, 0.1) is 6.92 Å². The van der Waals surface area contributed by atoms with Crippen LogP contribution in [0.4, 0.5) is 5.95 Å². The number of rotatable bonds is 6. The highest BCUT2D eigenvalue weighted by Crippen LogP contribution is 2.38. The fraction of sp³-hybridized carbons (Fsp3) is 0.417. The Bertz CT molecular complexity index is 1090. The lowest BCUT2D eigenvalue weighted by molar-refractivity contribution is 0.0602. The number of benzene rings is 1. The Morgan fingerprint density at radius 3 is 2.81 bits per heavy atom. The van der Waals surface area contributed by atoms with E-state index in [1.807, 2.05) is 68.1 Å². The average Bonchev–Trinajstić information content (AvgIpc) is 3.25. The summed E-state index contributed by atoms with van der Waals surface area (Å²) in [6.07, 6.45) is 4.54. The Balaban J connectivity index is 1.79. The van der Waals surface area contributed by atoms with Crippen molar-refractivity contribution in [1.29, 1.82) is 0 Å². The van der Waals surface area contributed by atoms with Gasteiger partial charge in [-0.1, -0.05) is 17.3 Å². The zero-order chi connectivity index (χ0) is 22.7. The minimum Gasteiger partial charge on any atom is -0.493 e. The van der Waals surface area contributed by atoms with Crippen molar-refractivity contribution in [2.45, 2.75) is 39.2 Å². The first-order chi connectivity index (χ1) is 15.5. The van der Waals surface area contributed by atoms with Crippen LogP contribution in [-0.4, -0.2) is 53.2 Å². The van der Waals surface area contributed by atoms with Crippen LogP contribution in [0.3, 0.4) is 0 Å². The van der Waals surface area contributed by atoms with Crippen molar-refractivity contribution in [3.63, 3.8) is 0 Å². The Hall–Kier alpha value is -3.42. The van der Waals surface area contributed by atoms with Crippen LogP contribution in [0.15, 0.2) is 41.1 Å². The van der Waals surface area contributed by atoms with Crippen molar-refractivity contribution in [3.05, 3.63) is 53.5 Å². The number of likely N-dealkylation sites (tertiary alicyclic amines) is 1. The van der Waals surface area contributed by atoms with Gasteiger partial charge in [0, 0.05) is 32.9 Å². The molecule has 0 radical (unpaired) electrons. The number of anilines is 1. The largest absolute Gasteiger partial charge is 0.493 e. The van der Waals surface area contributed by atoms with Gasteiger partial charge in [-0.25, -0.2) is 9.97 Å². The number of amides is 1. The predicted molar refractivity (Wildman–Crippen MR) is 122 cm³/mol. The monoisotopic (exact) mass is 435 g/mol. The molecule has 2 aromatic heterocycles. The summed E-state index contributed by atoms with van der Waals surface area (Å²) in [7, 11) is 3.80. The number of hydrogen-bond acceptors (Lipinski definition) is 7. The highest BCUT2D eigenvalue weighted by atomic mass is 16.5. The van der Waals surface area contributed by atoms with E-state index < -0.39 is 0 Å². The highest BCUT2D eigenvalue weighted by Gasteiger charge is 2.34. The normalized spacial score (nSPS) is 16.1. The standard InChI is InChI=1S/C24H29N5O3/c1-5-31-20-12-7-6-10-17(20)23(30)29-13-9-8-11-19(29)22-18(21-14-16(2)27-32-21)15-25-24(26-22)28(3)4/h6-7,10,12,14-15,19H,5,8-9,11,13H2,1-4H3. The minimum absolute atomic E-state index is 0.0523. The van der Waals surface area contributed by atoms with Crippen LogP contribution in [0.1, 0.15) is 54.0 Å². The second-order valence-electron chi connectivity index (χ2n) is 8.14. The van der Waals surface area contributed by atoms with E-state index in [0.717, 1.165) is 36.2 Å². The lowest BCUT2D eigenvalue weighted by Crippen LogP contribution is -2.39. The second kappa shape index (κ2) is 9.38. The summed E-state index contributed by atoms with van der Waals surface area (Å²) in [6, 6.07) is 9.09. The molecule has 8 nitrogen and oxygen atoms in total. The maximum absolute atomic E-state index is 13.7. The molecule has 0 bridgehead atoms. The smallest absolute Gasteiger partial charge is 0.258 e. The fourth-order valence-electron chi connectivity index (χ4n) is 4.07. The zero-order valence-electron chi connectivity index (χ0n) is 19.0. The van der Waals surface area contributed by atoms with E-state index in [-0.39, 0.29) is 11.9 Å². The van der Waals surface area contributed by atoms with E-state index in [4.69, 9.17) is 14.2 Å². The summed E-state index contributed by atoms with van der Waals surface area (Å²) in [5.74, 6) is 1.75. The van der Waals surface area contributed by atoms with E-state index in [1.54, 1.807) is 6.20 Å². The second-order valence-corrected chi connectivity index (χ2v) is 8.14. The minimum atomic E-state index is -0.201. The van der Waals surface area contributed by atoms with Gasteiger partial charge in [-0.3, -0.25) is 4.79 Å². The number of para-hydroxylation sites is 1. The lowest BCUT2D eigenvalue weighted by Gasteiger charge is -2.36. The molecule has 4 rings (SSSR count). The quantitative estimate of drug-likeness (QED) is 0.571. The van der Waals surface area contributed by atoms with Crippen LogP contribution in [0.5, 0.6) is 5.75 Å². The zero-order valence-corrected chi connectivity index (χ0v) is 19.0. The third kappa shape index (κ3) is 4.30. The topological polar surface area (TPSA) is 84.6 Å². The molecular weight excluding hydrogens is 406 g/mol. The number of aromatic nitrogens is 3. The van der Waals surface area contributed by atoms with Gasteiger partial charge in [-0.2, -0.15) is 0 Å². The van der Waals surface area contributed by atoms with E-state index in [2.05, 4.69) is 10.1 Å². The van der Waals surface area contributed by atoms with E-state index in [0.29, 0.717) is 36.2 Å². The maximum atomic E-state index is 13.7. The molecule has 1 aliphatic heterocycles. The summed E-state index contributed by atoms with van der Waals surface area (Å²) in [5, 5.41) is 4.03. The Morgan fingerprint density at radius 2 is 2.09 bits per heavy atom. The highest BCUT2D eigenvalue weighted by molar-refractivity contribution is 5.97. The molecule has 1 unspecified atom stereocenters. The Morgan fingerprint density at radius 1 is 1.28 bits per heavy atom. The first-order valence-electron chi connectivity index (χ1n) is 11.0. The molecule has 1 aliphatic rings. The van der Waals surface area contributed by atoms with Gasteiger partial charge in [0.05, 0.1) is 35.2 Å². The fourth-order valence-corrected chi connectivity index (χ4v) is 4.07. The molecule has 3 heterocycles. The van der Waals surface area contributed by atoms with E-state index >= 15 is 0 Å². The van der Waals surface area contributed by atoms with E-state index in [1.165, 1.54) is 0 Å². The number of nitrogens with zero attached hydrogens (tertiary/aromatic N) is 5. The number of aryl methyl sites for hydroxylation is 1. The maximum Gasteiger partial charge on any atom is 0.258 e. The van der Waals surface area contributed by atoms with Gasteiger partial charge in [-0.05, 0) is 45.2 Å². The summed E-state index contributed by atoms with van der Waals surface area (Å²) in [6.45, 7) is 4.95. The molecule has 8 heteroatoms. The number of carbonyl (C=O) groups excluding carboxylic acids is 1. The van der Waals surface area contributed by atoms with Gasteiger partial charge in [-0.15, -0.1) is 0 Å². The molecule has 168 valence electrons. The van der Waals surface area contributed by atoms with Crippen LogP contribution in [-0.2, 0) is 0 Å². The number of hydrogen-bond donors (Lipinski definition) is 0. The van der Waals surface area contributed by atoms with Crippen molar-refractivity contribution < 1.29 is 14.1 Å². The van der Waals surface area contributed by atoms with Crippen molar-refractivity contribution in [2.24, 2.45) is 0 Å². The van der Waals surface area contributed by atoms with Crippen LogP contribution < -0.4 is 9.64 Å². The van der Waals surface area contributed by atoms with E-state index in [9.17, 15) is 4.79 Å². The third-order valence-electron chi connectivity index (χ3n) is 5.60. The Labute approximate surface area is 188 Å². The number of piperidine rings is 1. The van der Waals surface area contributed by atoms with Gasteiger partial charge < -0.3 is 19.1 Å². The Kier molecular flexibility index (Phi) is 6.39. The van der Waals surface area contributed by atoms with Crippen molar-refractivity contribution in [1.82, 2.24) is 20.0 Å². The summed E-state index contributed by atoms with van der Waals surface area (Å²) in [5.41, 5.74) is 2.89. The first kappa shape index (κ1) is 21.8.